The minimum absolute atomic E-state index is 0.0733. The van der Waals surface area contributed by atoms with E-state index in [1.807, 2.05) is 38.1 Å². The zero-order valence-corrected chi connectivity index (χ0v) is 11.9. The van der Waals surface area contributed by atoms with Crippen molar-refractivity contribution in [2.75, 3.05) is 13.2 Å². The molecule has 1 saturated heterocycles. The monoisotopic (exact) mass is 278 g/mol. The van der Waals surface area contributed by atoms with Crippen molar-refractivity contribution in [3.63, 3.8) is 0 Å². The van der Waals surface area contributed by atoms with Crippen molar-refractivity contribution < 1.29 is 14.6 Å². The Morgan fingerprint density at radius 1 is 1.60 bits per heavy atom. The van der Waals surface area contributed by atoms with E-state index in [-0.39, 0.29) is 18.0 Å². The lowest BCUT2D eigenvalue weighted by molar-refractivity contribution is -0.123. The van der Waals surface area contributed by atoms with Gasteiger partial charge < -0.3 is 20.5 Å². The molecule has 0 bridgehead atoms. The fourth-order valence-electron chi connectivity index (χ4n) is 2.35. The van der Waals surface area contributed by atoms with Crippen LogP contribution in [-0.2, 0) is 4.79 Å². The highest BCUT2D eigenvalue weighted by atomic mass is 16.5. The van der Waals surface area contributed by atoms with Crippen LogP contribution in [0.15, 0.2) is 24.3 Å². The number of hydrogen-bond donors (Lipinski definition) is 3. The molecule has 1 aliphatic rings. The zero-order chi connectivity index (χ0) is 14.5. The third-order valence-corrected chi connectivity index (χ3v) is 3.45. The Labute approximate surface area is 119 Å². The van der Waals surface area contributed by atoms with Gasteiger partial charge in [-0.2, -0.15) is 0 Å². The summed E-state index contributed by atoms with van der Waals surface area (Å²) in [6.45, 7) is 4.98. The smallest absolute Gasteiger partial charge is 0.237 e. The summed E-state index contributed by atoms with van der Waals surface area (Å²) in [6, 6.07) is 7.32. The molecule has 0 spiro atoms. The van der Waals surface area contributed by atoms with Crippen LogP contribution in [0.3, 0.4) is 0 Å². The number of β-amino-alcohol motifs (C(OH)–C–C–N with tert-alkyl or cyclic N) is 1. The number of aliphatic hydroxyl groups excluding tert-OH is 1. The topological polar surface area (TPSA) is 70.6 Å². The molecule has 1 heterocycles. The van der Waals surface area contributed by atoms with E-state index in [4.69, 9.17) is 4.74 Å². The lowest BCUT2D eigenvalue weighted by Crippen LogP contribution is -2.41. The summed E-state index contributed by atoms with van der Waals surface area (Å²) in [5, 5.41) is 15.4. The van der Waals surface area contributed by atoms with Gasteiger partial charge in [-0.15, -0.1) is 0 Å². The van der Waals surface area contributed by atoms with Gasteiger partial charge in [-0.25, -0.2) is 0 Å². The second-order valence-electron chi connectivity index (χ2n) is 5.09. The lowest BCUT2D eigenvalue weighted by Gasteiger charge is -2.18. The lowest BCUT2D eigenvalue weighted by atomic mass is 10.1. The van der Waals surface area contributed by atoms with E-state index in [2.05, 4.69) is 10.6 Å². The van der Waals surface area contributed by atoms with Crippen molar-refractivity contribution in [2.24, 2.45) is 0 Å². The highest BCUT2D eigenvalue weighted by molar-refractivity contribution is 5.82. The van der Waals surface area contributed by atoms with E-state index in [9.17, 15) is 9.90 Å². The Bertz CT molecular complexity index is 464. The van der Waals surface area contributed by atoms with Crippen LogP contribution < -0.4 is 15.4 Å². The molecule has 1 amide bonds. The maximum Gasteiger partial charge on any atom is 0.237 e. The number of ether oxygens (including phenoxy) is 1. The number of benzene rings is 1. The zero-order valence-electron chi connectivity index (χ0n) is 11.9. The van der Waals surface area contributed by atoms with E-state index >= 15 is 0 Å². The summed E-state index contributed by atoms with van der Waals surface area (Å²) in [7, 11) is 0. The standard InChI is InChI=1S/C15H22N2O3/c1-3-20-13-6-4-5-11(7-13)10(2)17-15(19)14-8-12(18)9-16-14/h4-7,10,12,14,16,18H,3,8-9H2,1-2H3,(H,17,19). The molecule has 0 radical (unpaired) electrons. The average molecular weight is 278 g/mol. The number of rotatable bonds is 5. The molecule has 1 fully saturated rings. The van der Waals surface area contributed by atoms with Crippen molar-refractivity contribution in [1.29, 1.82) is 0 Å². The third-order valence-electron chi connectivity index (χ3n) is 3.45. The first-order chi connectivity index (χ1) is 9.60. The molecule has 1 aromatic rings. The van der Waals surface area contributed by atoms with Crippen molar-refractivity contribution >= 4 is 5.91 Å². The molecule has 2 rings (SSSR count). The summed E-state index contributed by atoms with van der Waals surface area (Å²) in [4.78, 5) is 12.1. The fraction of sp³-hybridized carbons (Fsp3) is 0.533. The molecule has 20 heavy (non-hydrogen) atoms. The van der Waals surface area contributed by atoms with E-state index in [0.29, 0.717) is 19.6 Å². The molecule has 3 unspecified atom stereocenters. The predicted molar refractivity (Wildman–Crippen MR) is 76.6 cm³/mol. The molecular weight excluding hydrogens is 256 g/mol. The molecule has 110 valence electrons. The van der Waals surface area contributed by atoms with Crippen LogP contribution in [0, 0.1) is 0 Å². The fourth-order valence-corrected chi connectivity index (χ4v) is 2.35. The molecule has 1 aromatic carbocycles. The number of aliphatic hydroxyl groups is 1. The summed E-state index contributed by atoms with van der Waals surface area (Å²) < 4.78 is 5.46. The molecule has 5 nitrogen and oxygen atoms in total. The molecule has 0 aliphatic carbocycles. The minimum atomic E-state index is -0.428. The second-order valence-corrected chi connectivity index (χ2v) is 5.09. The maximum atomic E-state index is 12.1. The van der Waals surface area contributed by atoms with E-state index < -0.39 is 6.10 Å². The van der Waals surface area contributed by atoms with Gasteiger partial charge in [0.1, 0.15) is 5.75 Å². The number of amides is 1. The SMILES string of the molecule is CCOc1cccc(C(C)NC(=O)C2CC(O)CN2)c1. The molecule has 1 aliphatic heterocycles. The van der Waals surface area contributed by atoms with Crippen LogP contribution in [0.2, 0.25) is 0 Å². The number of carbonyl (C=O) groups excluding carboxylic acids is 1. The Balaban J connectivity index is 1.95. The van der Waals surface area contributed by atoms with Crippen LogP contribution in [0.25, 0.3) is 0 Å². The second kappa shape index (κ2) is 6.72. The Morgan fingerprint density at radius 2 is 2.40 bits per heavy atom. The van der Waals surface area contributed by atoms with Crippen molar-refractivity contribution in [3.8, 4) is 5.75 Å². The largest absolute Gasteiger partial charge is 0.494 e. The first-order valence-electron chi connectivity index (χ1n) is 7.04. The van der Waals surface area contributed by atoms with Gasteiger partial charge in [-0.1, -0.05) is 12.1 Å². The first-order valence-corrected chi connectivity index (χ1v) is 7.04. The van der Waals surface area contributed by atoms with Gasteiger partial charge >= 0.3 is 0 Å². The number of carbonyl (C=O) groups is 1. The van der Waals surface area contributed by atoms with Gasteiger partial charge in [-0.05, 0) is 38.0 Å². The van der Waals surface area contributed by atoms with E-state index in [1.165, 1.54) is 0 Å². The van der Waals surface area contributed by atoms with Gasteiger partial charge in [-0.3, -0.25) is 4.79 Å². The van der Waals surface area contributed by atoms with Gasteiger partial charge in [0.05, 0.1) is 24.8 Å². The van der Waals surface area contributed by atoms with Gasteiger partial charge in [0.25, 0.3) is 0 Å². The number of nitrogens with one attached hydrogen (secondary N) is 2. The van der Waals surface area contributed by atoms with Crippen molar-refractivity contribution in [1.82, 2.24) is 10.6 Å². The summed E-state index contributed by atoms with van der Waals surface area (Å²) in [5.41, 5.74) is 1.00. The van der Waals surface area contributed by atoms with Gasteiger partial charge in [0.2, 0.25) is 5.91 Å². The number of hydrogen-bond acceptors (Lipinski definition) is 4. The Hall–Kier alpha value is -1.59. The van der Waals surface area contributed by atoms with Crippen molar-refractivity contribution in [3.05, 3.63) is 29.8 Å². The molecule has 0 saturated carbocycles. The maximum absolute atomic E-state index is 12.1. The highest BCUT2D eigenvalue weighted by Crippen LogP contribution is 2.19. The third kappa shape index (κ3) is 3.71. The summed E-state index contributed by atoms with van der Waals surface area (Å²) in [6.07, 6.45) is 0.0414. The molecule has 5 heteroatoms. The van der Waals surface area contributed by atoms with Crippen LogP contribution >= 0.6 is 0 Å². The highest BCUT2D eigenvalue weighted by Gasteiger charge is 2.28. The van der Waals surface area contributed by atoms with Crippen molar-refractivity contribution in [2.45, 2.75) is 38.5 Å². The molecule has 3 N–H and O–H groups in total. The Morgan fingerprint density at radius 3 is 3.05 bits per heavy atom. The van der Waals surface area contributed by atoms with Crippen LogP contribution in [-0.4, -0.2) is 36.3 Å². The van der Waals surface area contributed by atoms with E-state index in [0.717, 1.165) is 11.3 Å². The van der Waals surface area contributed by atoms with Crippen LogP contribution in [0.4, 0.5) is 0 Å². The average Bonchev–Trinajstić information content (AvgIpc) is 2.86. The quantitative estimate of drug-likeness (QED) is 0.751. The molecule has 0 aromatic heterocycles. The van der Waals surface area contributed by atoms with Crippen LogP contribution in [0.1, 0.15) is 31.9 Å². The first kappa shape index (κ1) is 14.8. The van der Waals surface area contributed by atoms with Gasteiger partial charge in [0.15, 0.2) is 0 Å². The van der Waals surface area contributed by atoms with E-state index in [1.54, 1.807) is 0 Å². The van der Waals surface area contributed by atoms with Crippen LogP contribution in [0.5, 0.6) is 5.75 Å². The normalized spacial score (nSPS) is 23.4. The molecule has 3 atom stereocenters. The minimum Gasteiger partial charge on any atom is -0.494 e. The van der Waals surface area contributed by atoms with Gasteiger partial charge in [0, 0.05) is 6.54 Å². The molecular formula is C15H22N2O3. The summed E-state index contributed by atoms with van der Waals surface area (Å²) in [5.74, 6) is 0.733. The summed E-state index contributed by atoms with van der Waals surface area (Å²) >= 11 is 0. The Kier molecular flexibility index (Phi) is 4.98. The predicted octanol–water partition coefficient (Wildman–Crippen LogP) is 0.985.